The topological polar surface area (TPSA) is 116 Å². The largest absolute Gasteiger partial charge is 0.507 e. The Bertz CT molecular complexity index is 946. The molecule has 0 saturated carbocycles. The maximum absolute atomic E-state index is 12.2. The van der Waals surface area contributed by atoms with E-state index >= 15 is 0 Å². The second kappa shape index (κ2) is 11.0. The number of hydrogen-bond acceptors (Lipinski definition) is 6. The van der Waals surface area contributed by atoms with Crippen molar-refractivity contribution in [3.63, 3.8) is 0 Å². The van der Waals surface area contributed by atoms with Gasteiger partial charge in [0.15, 0.2) is 0 Å². The van der Waals surface area contributed by atoms with Gasteiger partial charge in [0.1, 0.15) is 18.9 Å². The monoisotopic (exact) mass is 430 g/mol. The van der Waals surface area contributed by atoms with Gasteiger partial charge in [0.2, 0.25) is 6.41 Å². The predicted molar refractivity (Wildman–Crippen MR) is 114 cm³/mol. The maximum atomic E-state index is 12.2. The molecule has 8 nitrogen and oxygen atoms in total. The third kappa shape index (κ3) is 6.10. The molecule has 9 heteroatoms. The average molecular weight is 430 g/mol. The van der Waals surface area contributed by atoms with Crippen LogP contribution in [-0.2, 0) is 25.8 Å². The molecule has 0 atom stereocenters. The molecule has 0 heterocycles. The van der Waals surface area contributed by atoms with E-state index in [9.17, 15) is 19.5 Å². The van der Waals surface area contributed by atoms with Crippen LogP contribution in [0.15, 0.2) is 59.0 Å². The molecule has 2 amide bonds. The number of nitrogens with zero attached hydrogens (tertiary/aromatic N) is 1. The lowest BCUT2D eigenvalue weighted by Crippen LogP contribution is -2.30. The van der Waals surface area contributed by atoms with Crippen LogP contribution in [0.25, 0.3) is 5.76 Å². The van der Waals surface area contributed by atoms with Gasteiger partial charge in [-0.05, 0) is 36.9 Å². The molecule has 0 aliphatic carbocycles. The minimum atomic E-state index is -1.21. The Labute approximate surface area is 178 Å². The highest BCUT2D eigenvalue weighted by Gasteiger charge is 2.20. The first-order valence-corrected chi connectivity index (χ1v) is 10.1. The van der Waals surface area contributed by atoms with Gasteiger partial charge in [-0.2, -0.15) is 5.06 Å². The summed E-state index contributed by atoms with van der Waals surface area (Å²) in [5.41, 5.74) is 1.19. The lowest BCUT2D eigenvalue weighted by atomic mass is 10.1. The van der Waals surface area contributed by atoms with E-state index in [0.717, 1.165) is 15.5 Å². The highest BCUT2D eigenvalue weighted by Crippen LogP contribution is 2.31. The van der Waals surface area contributed by atoms with E-state index in [2.05, 4.69) is 5.32 Å². The summed E-state index contributed by atoms with van der Waals surface area (Å²) < 4.78 is 0. The molecule has 0 unspecified atom stereocenters. The number of aliphatic hydroxyl groups is 1. The number of anilines is 1. The number of nitrogens with one attached hydrogen (secondary N) is 1. The van der Waals surface area contributed by atoms with Crippen molar-refractivity contribution in [3.8, 4) is 0 Å². The molecule has 30 heavy (non-hydrogen) atoms. The first-order chi connectivity index (χ1) is 14.4. The normalized spacial score (nSPS) is 11.4. The summed E-state index contributed by atoms with van der Waals surface area (Å²) in [6.07, 6.45) is 2.31. The van der Waals surface area contributed by atoms with Crippen LogP contribution in [0.1, 0.15) is 18.1 Å². The number of hydroxylamine groups is 1. The van der Waals surface area contributed by atoms with Gasteiger partial charge in [0.25, 0.3) is 5.91 Å². The predicted octanol–water partition coefficient (Wildman–Crippen LogP) is 2.99. The van der Waals surface area contributed by atoms with Crippen LogP contribution in [0.2, 0.25) is 0 Å². The van der Waals surface area contributed by atoms with Gasteiger partial charge in [-0.25, -0.2) is 0 Å². The smallest absolute Gasteiger partial charge is 0.322 e. The fourth-order valence-electron chi connectivity index (χ4n) is 2.50. The zero-order chi connectivity index (χ0) is 22.1. The number of carbonyl (C=O) groups is 3. The number of carbonyl (C=O) groups excluding carboxylic acids is 2. The first kappa shape index (κ1) is 23.0. The van der Waals surface area contributed by atoms with E-state index in [1.54, 1.807) is 18.2 Å². The summed E-state index contributed by atoms with van der Waals surface area (Å²) in [7, 11) is 0. The van der Waals surface area contributed by atoms with Gasteiger partial charge in [0, 0.05) is 10.5 Å². The number of aliphatic carboxylic acids is 1. The molecule has 0 radical (unpaired) electrons. The van der Waals surface area contributed by atoms with Crippen LogP contribution in [0, 0.1) is 0 Å². The van der Waals surface area contributed by atoms with Gasteiger partial charge < -0.3 is 15.5 Å². The Balaban J connectivity index is 2.37. The fraction of sp³-hybridized carbons (Fsp3) is 0.190. The number of benzene rings is 2. The van der Waals surface area contributed by atoms with Gasteiger partial charge in [0.05, 0.1) is 11.3 Å². The Kier molecular flexibility index (Phi) is 8.45. The third-order valence-corrected chi connectivity index (χ3v) is 4.83. The summed E-state index contributed by atoms with van der Waals surface area (Å²) in [6.45, 7) is 0.895. The molecule has 0 spiro atoms. The number of rotatable bonds is 10. The second-order valence-corrected chi connectivity index (χ2v) is 7.00. The molecule has 0 saturated heterocycles. The molecule has 0 fully saturated rings. The van der Waals surface area contributed by atoms with Crippen molar-refractivity contribution < 1.29 is 29.4 Å². The van der Waals surface area contributed by atoms with Crippen molar-refractivity contribution in [3.05, 3.63) is 65.2 Å². The highest BCUT2D eigenvalue weighted by molar-refractivity contribution is 7.98. The summed E-state index contributed by atoms with van der Waals surface area (Å²) in [4.78, 5) is 40.9. The molecule has 0 aromatic heterocycles. The Morgan fingerprint density at radius 1 is 1.17 bits per heavy atom. The number of hydrogen-bond donors (Lipinski definition) is 3. The molecule has 3 N–H and O–H groups in total. The quantitative estimate of drug-likeness (QED) is 0.174. The Morgan fingerprint density at radius 2 is 1.87 bits per heavy atom. The van der Waals surface area contributed by atoms with Gasteiger partial charge >= 0.3 is 5.97 Å². The molecule has 2 aromatic carbocycles. The summed E-state index contributed by atoms with van der Waals surface area (Å²) in [5, 5.41) is 22.6. The summed E-state index contributed by atoms with van der Waals surface area (Å²) in [5.74, 6) is -2.33. The van der Waals surface area contributed by atoms with Gasteiger partial charge in [-0.1, -0.05) is 30.3 Å². The van der Waals surface area contributed by atoms with Crippen LogP contribution in [0.3, 0.4) is 0 Å². The molecule has 0 bridgehead atoms. The number of thioether (sulfide) groups is 1. The number of aliphatic hydroxyl groups excluding tert-OH is 1. The standard InChI is InChI=1S/C21H22N2O6S/c1-14(21(28)22-11-19(25)26)20(27)17-10-16(30-2)8-9-18(17)23(13-24)29-12-15-6-4-3-5-7-15/h3-10,13,27H,11-12H2,1-2H3,(H,22,28)(H,25,26)/b20-14-. The Hall–Kier alpha value is -3.30. The molecule has 0 aliphatic rings. The third-order valence-electron chi connectivity index (χ3n) is 4.10. The highest BCUT2D eigenvalue weighted by atomic mass is 32.2. The van der Waals surface area contributed by atoms with Gasteiger partial charge in [-0.15, -0.1) is 11.8 Å². The second-order valence-electron chi connectivity index (χ2n) is 6.12. The van der Waals surface area contributed by atoms with Crippen molar-refractivity contribution in [2.75, 3.05) is 17.9 Å². The fourth-order valence-corrected chi connectivity index (χ4v) is 2.94. The zero-order valence-corrected chi connectivity index (χ0v) is 17.3. The molecule has 2 aromatic rings. The zero-order valence-electron chi connectivity index (χ0n) is 16.5. The van der Waals surface area contributed by atoms with Crippen molar-refractivity contribution in [1.29, 1.82) is 0 Å². The molecular formula is C21H22N2O6S. The Morgan fingerprint density at radius 3 is 2.47 bits per heavy atom. The van der Waals surface area contributed by atoms with Crippen LogP contribution in [-0.4, -0.2) is 41.3 Å². The molecule has 158 valence electrons. The van der Waals surface area contributed by atoms with Crippen LogP contribution < -0.4 is 10.4 Å². The van der Waals surface area contributed by atoms with Gasteiger partial charge in [-0.3, -0.25) is 19.2 Å². The summed E-state index contributed by atoms with van der Waals surface area (Å²) >= 11 is 1.41. The molecule has 2 rings (SSSR count). The van der Waals surface area contributed by atoms with E-state index in [4.69, 9.17) is 9.94 Å². The molecular weight excluding hydrogens is 408 g/mol. The number of carboxylic acids is 1. The molecule has 0 aliphatic heterocycles. The minimum absolute atomic E-state index is 0.0929. The number of carboxylic acid groups (broad SMARTS) is 1. The van der Waals surface area contributed by atoms with Crippen LogP contribution in [0.4, 0.5) is 5.69 Å². The van der Waals surface area contributed by atoms with Crippen LogP contribution >= 0.6 is 11.8 Å². The van der Waals surface area contributed by atoms with Crippen molar-refractivity contribution in [1.82, 2.24) is 5.32 Å². The van der Waals surface area contributed by atoms with Crippen LogP contribution in [0.5, 0.6) is 0 Å². The van der Waals surface area contributed by atoms with E-state index in [1.807, 2.05) is 36.6 Å². The van der Waals surface area contributed by atoms with E-state index in [0.29, 0.717) is 6.41 Å². The first-order valence-electron chi connectivity index (χ1n) is 8.87. The van der Waals surface area contributed by atoms with Crippen molar-refractivity contribution in [2.24, 2.45) is 0 Å². The summed E-state index contributed by atoms with van der Waals surface area (Å²) in [6, 6.07) is 14.2. The maximum Gasteiger partial charge on any atom is 0.322 e. The van der Waals surface area contributed by atoms with E-state index in [1.165, 1.54) is 18.7 Å². The lowest BCUT2D eigenvalue weighted by Gasteiger charge is -2.21. The van der Waals surface area contributed by atoms with E-state index in [-0.39, 0.29) is 29.2 Å². The average Bonchev–Trinajstić information content (AvgIpc) is 2.77. The number of amides is 2. The SMILES string of the molecule is CSc1ccc(N(C=O)OCc2ccccc2)c(/C(O)=C(\C)C(=O)NCC(=O)O)c1. The minimum Gasteiger partial charge on any atom is -0.507 e. The van der Waals surface area contributed by atoms with Crippen molar-refractivity contribution in [2.45, 2.75) is 18.4 Å². The van der Waals surface area contributed by atoms with E-state index < -0.39 is 18.4 Å². The van der Waals surface area contributed by atoms with Crippen molar-refractivity contribution >= 4 is 41.5 Å². The lowest BCUT2D eigenvalue weighted by molar-refractivity contribution is -0.137.